The normalized spacial score (nSPS) is 15.8. The highest BCUT2D eigenvalue weighted by atomic mass is 19.1. The van der Waals surface area contributed by atoms with Crippen molar-refractivity contribution < 1.29 is 23.5 Å². The molecule has 0 saturated carbocycles. The number of nitrogens with one attached hydrogen (secondary N) is 2. The van der Waals surface area contributed by atoms with Gasteiger partial charge in [0.25, 0.3) is 0 Å². The number of ether oxygens (including phenoxy) is 1. The first-order valence-corrected chi connectivity index (χ1v) is 7.57. The molecule has 2 aromatic carbocycles. The Morgan fingerprint density at radius 1 is 1.24 bits per heavy atom. The number of rotatable bonds is 3. The molecule has 0 fully saturated rings. The third-order valence-corrected chi connectivity index (χ3v) is 3.96. The Morgan fingerprint density at radius 2 is 2.00 bits per heavy atom. The van der Waals surface area contributed by atoms with E-state index in [1.54, 1.807) is 24.3 Å². The molecule has 2 aromatic rings. The van der Waals surface area contributed by atoms with Crippen LogP contribution in [0.2, 0.25) is 0 Å². The fourth-order valence-corrected chi connectivity index (χ4v) is 2.73. The van der Waals surface area contributed by atoms with Gasteiger partial charge < -0.3 is 15.4 Å². The third-order valence-electron chi connectivity index (χ3n) is 3.96. The predicted octanol–water partition coefficient (Wildman–Crippen LogP) is 2.68. The molecule has 0 aliphatic carbocycles. The number of fused-ring (bicyclic) bond motifs is 1. The molecule has 1 aliphatic rings. The van der Waals surface area contributed by atoms with Crippen LogP contribution in [-0.2, 0) is 14.3 Å². The average Bonchev–Trinajstić information content (AvgIpc) is 2.62. The van der Waals surface area contributed by atoms with Gasteiger partial charge in [-0.3, -0.25) is 9.59 Å². The van der Waals surface area contributed by atoms with Crippen molar-refractivity contribution in [2.45, 2.75) is 12.3 Å². The molecule has 7 heteroatoms. The van der Waals surface area contributed by atoms with Crippen LogP contribution in [0.1, 0.15) is 28.3 Å². The quantitative estimate of drug-likeness (QED) is 0.840. The summed E-state index contributed by atoms with van der Waals surface area (Å²) in [6.45, 7) is 0. The van der Waals surface area contributed by atoms with Gasteiger partial charge in [0.05, 0.1) is 24.3 Å². The molecule has 2 amide bonds. The second-order valence-corrected chi connectivity index (χ2v) is 5.57. The van der Waals surface area contributed by atoms with Gasteiger partial charge in [0.15, 0.2) is 0 Å². The van der Waals surface area contributed by atoms with E-state index in [0.717, 1.165) is 6.07 Å². The highest BCUT2D eigenvalue weighted by Crippen LogP contribution is 2.33. The molecular formula is C18H15FN2O4. The Bertz CT molecular complexity index is 866. The molecule has 1 atom stereocenters. The van der Waals surface area contributed by atoms with E-state index >= 15 is 0 Å². The smallest absolute Gasteiger partial charge is 0.337 e. The Labute approximate surface area is 143 Å². The van der Waals surface area contributed by atoms with Crippen molar-refractivity contribution in [1.29, 1.82) is 0 Å². The second kappa shape index (κ2) is 6.72. The molecule has 6 nitrogen and oxygen atoms in total. The van der Waals surface area contributed by atoms with E-state index < -0.39 is 23.6 Å². The molecule has 0 spiro atoms. The Kier molecular flexibility index (Phi) is 4.47. The molecule has 1 unspecified atom stereocenters. The predicted molar refractivity (Wildman–Crippen MR) is 88.8 cm³/mol. The molecule has 128 valence electrons. The van der Waals surface area contributed by atoms with Crippen molar-refractivity contribution in [2.24, 2.45) is 0 Å². The van der Waals surface area contributed by atoms with E-state index in [-0.39, 0.29) is 23.6 Å². The van der Waals surface area contributed by atoms with Crippen LogP contribution in [0, 0.1) is 5.82 Å². The SMILES string of the molecule is COC(=O)c1ccc(F)c(NC(=O)C2CC(=O)Nc3ccccc32)c1. The van der Waals surface area contributed by atoms with Crippen LogP contribution in [0.4, 0.5) is 15.8 Å². The minimum atomic E-state index is -0.744. The molecule has 0 saturated heterocycles. The zero-order valence-corrected chi connectivity index (χ0v) is 13.3. The molecule has 1 heterocycles. The van der Waals surface area contributed by atoms with E-state index in [0.29, 0.717) is 11.3 Å². The van der Waals surface area contributed by atoms with E-state index in [2.05, 4.69) is 15.4 Å². The van der Waals surface area contributed by atoms with E-state index in [1.165, 1.54) is 19.2 Å². The van der Waals surface area contributed by atoms with Gasteiger partial charge in [0, 0.05) is 12.1 Å². The molecule has 3 rings (SSSR count). The first-order chi connectivity index (χ1) is 12.0. The standard InChI is InChI=1S/C18H15FN2O4/c1-25-18(24)10-6-7-13(19)15(8-10)21-17(23)12-9-16(22)20-14-5-3-2-4-11(12)14/h2-8,12H,9H2,1H3,(H,20,22)(H,21,23). The van der Waals surface area contributed by atoms with E-state index in [1.807, 2.05) is 0 Å². The van der Waals surface area contributed by atoms with Crippen LogP contribution in [0.25, 0.3) is 0 Å². The zero-order valence-electron chi connectivity index (χ0n) is 13.3. The van der Waals surface area contributed by atoms with Crippen molar-refractivity contribution in [3.05, 3.63) is 59.4 Å². The van der Waals surface area contributed by atoms with Gasteiger partial charge in [-0.05, 0) is 29.8 Å². The first-order valence-electron chi connectivity index (χ1n) is 7.57. The van der Waals surface area contributed by atoms with Gasteiger partial charge in [-0.1, -0.05) is 18.2 Å². The van der Waals surface area contributed by atoms with Gasteiger partial charge in [-0.25, -0.2) is 9.18 Å². The summed E-state index contributed by atoms with van der Waals surface area (Å²) >= 11 is 0. The number of hydrogen-bond donors (Lipinski definition) is 2. The first kappa shape index (κ1) is 16.6. The van der Waals surface area contributed by atoms with Crippen LogP contribution < -0.4 is 10.6 Å². The zero-order chi connectivity index (χ0) is 18.0. The van der Waals surface area contributed by atoms with Gasteiger partial charge in [0.1, 0.15) is 5.82 Å². The number of carbonyl (C=O) groups is 3. The molecule has 0 aromatic heterocycles. The number of benzene rings is 2. The van der Waals surface area contributed by atoms with Crippen molar-refractivity contribution in [3.8, 4) is 0 Å². The largest absolute Gasteiger partial charge is 0.465 e. The maximum atomic E-state index is 14.0. The maximum absolute atomic E-state index is 14.0. The third kappa shape index (κ3) is 3.35. The van der Waals surface area contributed by atoms with Crippen LogP contribution >= 0.6 is 0 Å². The lowest BCUT2D eigenvalue weighted by molar-refractivity contribution is -0.123. The van der Waals surface area contributed by atoms with E-state index in [9.17, 15) is 18.8 Å². The minimum absolute atomic E-state index is 0.0405. The second-order valence-electron chi connectivity index (χ2n) is 5.57. The Hall–Kier alpha value is -3.22. The van der Waals surface area contributed by atoms with Gasteiger partial charge >= 0.3 is 5.97 Å². The lowest BCUT2D eigenvalue weighted by Crippen LogP contribution is -2.31. The minimum Gasteiger partial charge on any atom is -0.465 e. The van der Waals surface area contributed by atoms with Gasteiger partial charge in [-0.15, -0.1) is 0 Å². The summed E-state index contributed by atoms with van der Waals surface area (Å²) in [5.74, 6) is -2.88. The average molecular weight is 342 g/mol. The van der Waals surface area contributed by atoms with Crippen LogP contribution in [0.15, 0.2) is 42.5 Å². The molecule has 25 heavy (non-hydrogen) atoms. The van der Waals surface area contributed by atoms with Crippen molar-refractivity contribution >= 4 is 29.2 Å². The summed E-state index contributed by atoms with van der Waals surface area (Å²) < 4.78 is 18.6. The van der Waals surface area contributed by atoms with Gasteiger partial charge in [-0.2, -0.15) is 0 Å². The van der Waals surface area contributed by atoms with Crippen molar-refractivity contribution in [2.75, 3.05) is 17.7 Å². The van der Waals surface area contributed by atoms with Crippen LogP contribution in [-0.4, -0.2) is 24.9 Å². The number of hydrogen-bond acceptors (Lipinski definition) is 4. The molecular weight excluding hydrogens is 327 g/mol. The summed E-state index contributed by atoms with van der Waals surface area (Å²) in [5, 5.41) is 5.16. The molecule has 1 aliphatic heterocycles. The summed E-state index contributed by atoms with van der Waals surface area (Å²) in [5.41, 5.74) is 1.18. The lowest BCUT2D eigenvalue weighted by Gasteiger charge is -2.24. The van der Waals surface area contributed by atoms with Crippen molar-refractivity contribution in [3.63, 3.8) is 0 Å². The van der Waals surface area contributed by atoms with Crippen molar-refractivity contribution in [1.82, 2.24) is 0 Å². The highest BCUT2D eigenvalue weighted by Gasteiger charge is 2.30. The summed E-state index contributed by atoms with van der Waals surface area (Å²) in [6, 6.07) is 10.5. The van der Waals surface area contributed by atoms with Crippen LogP contribution in [0.3, 0.4) is 0 Å². The topological polar surface area (TPSA) is 84.5 Å². The number of carbonyl (C=O) groups excluding carboxylic acids is 3. The number of amides is 2. The summed E-state index contributed by atoms with van der Waals surface area (Å²) in [4.78, 5) is 36.0. The number of methoxy groups -OCH3 is 1. The Morgan fingerprint density at radius 3 is 2.76 bits per heavy atom. The fourth-order valence-electron chi connectivity index (χ4n) is 2.73. The number of para-hydroxylation sites is 1. The molecule has 2 N–H and O–H groups in total. The van der Waals surface area contributed by atoms with E-state index in [4.69, 9.17) is 0 Å². The Balaban J connectivity index is 1.88. The fraction of sp³-hybridized carbons (Fsp3) is 0.167. The summed E-state index contributed by atoms with van der Waals surface area (Å²) in [7, 11) is 1.21. The number of anilines is 2. The lowest BCUT2D eigenvalue weighted by atomic mass is 9.89. The molecule has 0 bridgehead atoms. The van der Waals surface area contributed by atoms with Crippen LogP contribution in [0.5, 0.6) is 0 Å². The summed E-state index contributed by atoms with van der Waals surface area (Å²) in [6.07, 6.45) is -0.0405. The molecule has 0 radical (unpaired) electrons. The maximum Gasteiger partial charge on any atom is 0.337 e. The monoisotopic (exact) mass is 342 g/mol. The number of halogens is 1. The van der Waals surface area contributed by atoms with Gasteiger partial charge in [0.2, 0.25) is 11.8 Å². The number of esters is 1. The highest BCUT2D eigenvalue weighted by molar-refractivity contribution is 6.05.